The zero-order valence-corrected chi connectivity index (χ0v) is 18.8. The number of fused-ring (bicyclic) bond motifs is 1. The SMILES string of the molecule is C[C@]1(COc2ccc(-n3cc(COc4cccc(Cl)c4)nn3)cc2)Cn2cc([N+](=O)[O-])nc2O1. The Kier molecular flexibility index (Phi) is 5.54. The Bertz CT molecular complexity index is 1310. The van der Waals surface area contributed by atoms with Gasteiger partial charge in [-0.25, -0.2) is 4.68 Å². The Morgan fingerprint density at radius 1 is 1.18 bits per heavy atom. The zero-order chi connectivity index (χ0) is 23.7. The van der Waals surface area contributed by atoms with Crippen molar-refractivity contribution < 1.29 is 19.1 Å². The number of nitrogens with zero attached hydrogens (tertiary/aromatic N) is 6. The first-order chi connectivity index (χ1) is 16.4. The smallest absolute Gasteiger partial charge is 0.415 e. The lowest BCUT2D eigenvalue weighted by Gasteiger charge is -2.22. The number of halogens is 1. The fourth-order valence-corrected chi connectivity index (χ4v) is 3.67. The molecule has 0 radical (unpaired) electrons. The Labute approximate surface area is 198 Å². The second-order valence-corrected chi connectivity index (χ2v) is 8.44. The van der Waals surface area contributed by atoms with Crippen LogP contribution in [0.1, 0.15) is 12.6 Å². The number of rotatable bonds is 8. The Morgan fingerprint density at radius 3 is 2.74 bits per heavy atom. The number of aromatic nitrogens is 5. The van der Waals surface area contributed by atoms with Gasteiger partial charge >= 0.3 is 11.8 Å². The number of hydrogen-bond acceptors (Lipinski definition) is 8. The van der Waals surface area contributed by atoms with Crippen LogP contribution in [0.4, 0.5) is 5.82 Å². The van der Waals surface area contributed by atoms with Gasteiger partial charge in [-0.15, -0.1) is 5.10 Å². The summed E-state index contributed by atoms with van der Waals surface area (Å²) in [4.78, 5) is 14.2. The van der Waals surface area contributed by atoms with Crippen LogP contribution in [0.15, 0.2) is 60.9 Å². The fourth-order valence-electron chi connectivity index (χ4n) is 3.49. The second kappa shape index (κ2) is 8.67. The molecule has 0 saturated carbocycles. The lowest BCUT2D eigenvalue weighted by Crippen LogP contribution is -2.38. The molecule has 11 nitrogen and oxygen atoms in total. The van der Waals surface area contributed by atoms with Crippen molar-refractivity contribution >= 4 is 17.4 Å². The maximum Gasteiger partial charge on any atom is 0.415 e. The molecule has 1 aliphatic heterocycles. The van der Waals surface area contributed by atoms with E-state index in [0.717, 1.165) is 5.69 Å². The Morgan fingerprint density at radius 2 is 2.00 bits per heavy atom. The molecule has 0 fully saturated rings. The third-order valence-electron chi connectivity index (χ3n) is 5.13. The molecule has 0 aliphatic carbocycles. The topological polar surface area (TPSA) is 119 Å². The van der Waals surface area contributed by atoms with Crippen LogP contribution in [-0.4, -0.2) is 41.7 Å². The van der Waals surface area contributed by atoms with Crippen molar-refractivity contribution in [3.63, 3.8) is 0 Å². The Hall–Kier alpha value is -4.12. The predicted molar refractivity (Wildman–Crippen MR) is 121 cm³/mol. The van der Waals surface area contributed by atoms with Gasteiger partial charge in [-0.05, 0) is 54.3 Å². The lowest BCUT2D eigenvalue weighted by molar-refractivity contribution is -0.389. The first-order valence-corrected chi connectivity index (χ1v) is 10.7. The van der Waals surface area contributed by atoms with Crippen molar-refractivity contribution in [1.29, 1.82) is 0 Å². The summed E-state index contributed by atoms with van der Waals surface area (Å²) in [5, 5.41) is 19.7. The number of ether oxygens (including phenoxy) is 3. The van der Waals surface area contributed by atoms with E-state index in [4.69, 9.17) is 25.8 Å². The van der Waals surface area contributed by atoms with Gasteiger partial charge in [0, 0.05) is 10.0 Å². The van der Waals surface area contributed by atoms with Crippen LogP contribution in [0.3, 0.4) is 0 Å². The van der Waals surface area contributed by atoms with E-state index >= 15 is 0 Å². The fraction of sp³-hybridized carbons (Fsp3) is 0.227. The zero-order valence-electron chi connectivity index (χ0n) is 18.0. The van der Waals surface area contributed by atoms with Crippen LogP contribution < -0.4 is 14.2 Å². The molecule has 1 atom stereocenters. The molecule has 174 valence electrons. The Balaban J connectivity index is 1.16. The maximum absolute atomic E-state index is 10.8. The third kappa shape index (κ3) is 4.64. The van der Waals surface area contributed by atoms with Gasteiger partial charge in [-0.3, -0.25) is 4.57 Å². The highest BCUT2D eigenvalue weighted by molar-refractivity contribution is 6.30. The van der Waals surface area contributed by atoms with Crippen LogP contribution in [0.2, 0.25) is 5.02 Å². The van der Waals surface area contributed by atoms with E-state index in [9.17, 15) is 10.1 Å². The van der Waals surface area contributed by atoms with Gasteiger partial charge in [-0.2, -0.15) is 0 Å². The third-order valence-corrected chi connectivity index (χ3v) is 5.36. The van der Waals surface area contributed by atoms with E-state index in [0.29, 0.717) is 28.8 Å². The van der Waals surface area contributed by atoms with Gasteiger partial charge < -0.3 is 24.3 Å². The van der Waals surface area contributed by atoms with Crippen LogP contribution in [0.5, 0.6) is 17.5 Å². The van der Waals surface area contributed by atoms with Gasteiger partial charge in [0.25, 0.3) is 0 Å². The number of imidazole rings is 1. The van der Waals surface area contributed by atoms with E-state index in [1.807, 2.05) is 43.3 Å². The molecule has 34 heavy (non-hydrogen) atoms. The van der Waals surface area contributed by atoms with Gasteiger partial charge in [0.2, 0.25) is 0 Å². The maximum atomic E-state index is 10.8. The largest absolute Gasteiger partial charge is 0.489 e. The second-order valence-electron chi connectivity index (χ2n) is 8.00. The number of hydrogen-bond donors (Lipinski definition) is 0. The average Bonchev–Trinajstić information content (AvgIpc) is 3.51. The molecule has 5 rings (SSSR count). The molecule has 0 unspecified atom stereocenters. The van der Waals surface area contributed by atoms with Crippen LogP contribution in [0, 0.1) is 10.1 Å². The van der Waals surface area contributed by atoms with E-state index in [2.05, 4.69) is 15.3 Å². The minimum absolute atomic E-state index is 0.217. The van der Waals surface area contributed by atoms with Crippen molar-refractivity contribution in [2.75, 3.05) is 6.61 Å². The highest BCUT2D eigenvalue weighted by Crippen LogP contribution is 2.31. The van der Waals surface area contributed by atoms with E-state index in [-0.39, 0.29) is 25.0 Å². The highest BCUT2D eigenvalue weighted by Gasteiger charge is 2.41. The monoisotopic (exact) mass is 482 g/mol. The summed E-state index contributed by atoms with van der Waals surface area (Å²) in [6.07, 6.45) is 3.15. The predicted octanol–water partition coefficient (Wildman–Crippen LogP) is 3.83. The molecule has 2 aromatic carbocycles. The molecule has 1 aliphatic rings. The molecule has 0 saturated heterocycles. The lowest BCUT2D eigenvalue weighted by atomic mass is 10.1. The van der Waals surface area contributed by atoms with Gasteiger partial charge in [0.05, 0.1) is 18.4 Å². The molecule has 0 spiro atoms. The molecule has 12 heteroatoms. The summed E-state index contributed by atoms with van der Waals surface area (Å²) in [5.41, 5.74) is 0.800. The normalized spacial score (nSPS) is 16.6. The number of nitro groups is 1. The summed E-state index contributed by atoms with van der Waals surface area (Å²) < 4.78 is 20.6. The molecule has 4 aromatic rings. The summed E-state index contributed by atoms with van der Waals surface area (Å²) >= 11 is 5.97. The first-order valence-electron chi connectivity index (χ1n) is 10.3. The van der Waals surface area contributed by atoms with Crippen molar-refractivity contribution in [2.45, 2.75) is 25.7 Å². The van der Waals surface area contributed by atoms with Gasteiger partial charge in [0.15, 0.2) is 5.60 Å². The van der Waals surface area contributed by atoms with Crippen LogP contribution >= 0.6 is 11.6 Å². The molecule has 3 heterocycles. The molecular formula is C22H19ClN6O5. The van der Waals surface area contributed by atoms with Crippen LogP contribution in [-0.2, 0) is 13.2 Å². The van der Waals surface area contributed by atoms with E-state index < -0.39 is 10.5 Å². The van der Waals surface area contributed by atoms with E-state index in [1.54, 1.807) is 27.6 Å². The van der Waals surface area contributed by atoms with Crippen molar-refractivity contribution in [3.8, 4) is 23.2 Å². The highest BCUT2D eigenvalue weighted by atomic mass is 35.5. The van der Waals surface area contributed by atoms with Crippen molar-refractivity contribution in [3.05, 3.63) is 81.8 Å². The van der Waals surface area contributed by atoms with E-state index in [1.165, 1.54) is 6.20 Å². The molecule has 0 N–H and O–H groups in total. The average molecular weight is 483 g/mol. The quantitative estimate of drug-likeness (QED) is 0.274. The minimum Gasteiger partial charge on any atom is -0.489 e. The van der Waals surface area contributed by atoms with Crippen molar-refractivity contribution in [1.82, 2.24) is 24.5 Å². The summed E-state index contributed by atoms with van der Waals surface area (Å²) in [5.74, 6) is 1.07. The van der Waals surface area contributed by atoms with Gasteiger partial charge in [0.1, 0.15) is 36.6 Å². The first kappa shape index (κ1) is 21.7. The minimum atomic E-state index is -0.681. The summed E-state index contributed by atoms with van der Waals surface area (Å²) in [7, 11) is 0. The molecular weight excluding hydrogens is 464 g/mol. The molecule has 2 aromatic heterocycles. The van der Waals surface area contributed by atoms with Gasteiger partial charge in [-0.1, -0.05) is 22.9 Å². The number of benzene rings is 2. The summed E-state index contributed by atoms with van der Waals surface area (Å²) in [6, 6.07) is 14.7. The summed E-state index contributed by atoms with van der Waals surface area (Å²) in [6.45, 7) is 2.78. The molecule has 0 amide bonds. The molecule has 0 bridgehead atoms. The standard InChI is InChI=1S/C22H19ClN6O5/c1-22(13-27-11-20(29(30)31)24-21(27)34-22)14-33-18-7-5-17(6-8-18)28-10-16(25-26-28)12-32-19-4-2-3-15(23)9-19/h2-11H,12-14H2,1H3/t22-/m1/s1. The van der Waals surface area contributed by atoms with Crippen LogP contribution in [0.25, 0.3) is 5.69 Å². The van der Waals surface area contributed by atoms with Crippen molar-refractivity contribution in [2.24, 2.45) is 0 Å².